The maximum atomic E-state index is 11.8. The van der Waals surface area contributed by atoms with Crippen LogP contribution in [-0.2, 0) is 11.2 Å². The molecule has 1 amide bonds. The van der Waals surface area contributed by atoms with Gasteiger partial charge in [0.1, 0.15) is 5.60 Å². The van der Waals surface area contributed by atoms with Gasteiger partial charge in [0.2, 0.25) is 0 Å². The average Bonchev–Trinajstić information content (AvgIpc) is 2.59. The number of aryl methyl sites for hydroxylation is 2. The van der Waals surface area contributed by atoms with Gasteiger partial charge >= 0.3 is 6.09 Å². The van der Waals surface area contributed by atoms with E-state index in [9.17, 15) is 4.79 Å². The molecule has 1 aliphatic rings. The number of benzene rings is 1. The molecule has 0 unspecified atom stereocenters. The van der Waals surface area contributed by atoms with Crippen molar-refractivity contribution in [1.82, 2.24) is 5.32 Å². The van der Waals surface area contributed by atoms with Gasteiger partial charge in [0.05, 0.1) is 6.04 Å². The van der Waals surface area contributed by atoms with E-state index in [1.807, 2.05) is 20.8 Å². The molecule has 0 aliphatic heterocycles. The van der Waals surface area contributed by atoms with Crippen molar-refractivity contribution < 1.29 is 9.53 Å². The predicted octanol–water partition coefficient (Wildman–Crippen LogP) is 3.51. The van der Waals surface area contributed by atoms with E-state index in [0.717, 1.165) is 12.8 Å². The molecule has 0 radical (unpaired) electrons. The van der Waals surface area contributed by atoms with Gasteiger partial charge in [-0.3, -0.25) is 0 Å². The van der Waals surface area contributed by atoms with E-state index in [2.05, 4.69) is 30.4 Å². The topological polar surface area (TPSA) is 38.3 Å². The van der Waals surface area contributed by atoms with Gasteiger partial charge in [-0.05, 0) is 57.2 Å². The van der Waals surface area contributed by atoms with Gasteiger partial charge in [0, 0.05) is 0 Å². The van der Waals surface area contributed by atoms with Crippen molar-refractivity contribution >= 4 is 6.09 Å². The third kappa shape index (κ3) is 2.84. The smallest absolute Gasteiger partial charge is 0.408 e. The molecule has 2 rings (SSSR count). The lowest BCUT2D eigenvalue weighted by atomic mass is 10.0. The molecule has 0 fully saturated rings. The number of hydrogen-bond acceptors (Lipinski definition) is 2. The van der Waals surface area contributed by atoms with Crippen LogP contribution < -0.4 is 5.32 Å². The molecule has 98 valence electrons. The summed E-state index contributed by atoms with van der Waals surface area (Å²) in [6, 6.07) is 6.40. The molecule has 1 atom stereocenters. The van der Waals surface area contributed by atoms with Crippen molar-refractivity contribution in [3.05, 3.63) is 34.9 Å². The number of nitrogens with one attached hydrogen (secondary N) is 1. The van der Waals surface area contributed by atoms with Crippen LogP contribution in [0.4, 0.5) is 4.79 Å². The van der Waals surface area contributed by atoms with Gasteiger partial charge in [0.15, 0.2) is 0 Å². The molecule has 1 aromatic carbocycles. The fourth-order valence-corrected chi connectivity index (χ4v) is 2.50. The molecule has 1 aliphatic carbocycles. The first-order valence-corrected chi connectivity index (χ1v) is 6.45. The van der Waals surface area contributed by atoms with E-state index < -0.39 is 5.60 Å². The van der Waals surface area contributed by atoms with Crippen LogP contribution in [0.25, 0.3) is 0 Å². The van der Waals surface area contributed by atoms with E-state index in [0.29, 0.717) is 0 Å². The molecular formula is C15H21NO2. The van der Waals surface area contributed by atoms with Crippen molar-refractivity contribution in [3.63, 3.8) is 0 Å². The third-order valence-corrected chi connectivity index (χ3v) is 3.16. The number of carbonyl (C=O) groups is 1. The summed E-state index contributed by atoms with van der Waals surface area (Å²) in [7, 11) is 0. The second kappa shape index (κ2) is 4.63. The molecule has 0 saturated carbocycles. The molecule has 0 saturated heterocycles. The highest BCUT2D eigenvalue weighted by Gasteiger charge is 2.27. The van der Waals surface area contributed by atoms with Crippen molar-refractivity contribution in [2.45, 2.75) is 52.2 Å². The maximum Gasteiger partial charge on any atom is 0.408 e. The number of ether oxygens (including phenoxy) is 1. The van der Waals surface area contributed by atoms with Gasteiger partial charge in [0.25, 0.3) is 0 Å². The van der Waals surface area contributed by atoms with Crippen LogP contribution in [0.3, 0.4) is 0 Å². The van der Waals surface area contributed by atoms with Crippen LogP contribution in [0.15, 0.2) is 18.2 Å². The number of rotatable bonds is 1. The zero-order valence-electron chi connectivity index (χ0n) is 11.5. The number of hydrogen-bond donors (Lipinski definition) is 1. The summed E-state index contributed by atoms with van der Waals surface area (Å²) in [5, 5.41) is 2.97. The normalized spacial score (nSPS) is 18.3. The quantitative estimate of drug-likeness (QED) is 0.824. The maximum absolute atomic E-state index is 11.8. The predicted molar refractivity (Wildman–Crippen MR) is 71.6 cm³/mol. The number of amides is 1. The van der Waals surface area contributed by atoms with E-state index >= 15 is 0 Å². The van der Waals surface area contributed by atoms with E-state index in [-0.39, 0.29) is 12.1 Å². The number of carbonyl (C=O) groups excluding carboxylic acids is 1. The Hall–Kier alpha value is -1.51. The zero-order chi connectivity index (χ0) is 13.3. The molecule has 1 N–H and O–H groups in total. The monoisotopic (exact) mass is 247 g/mol. The Kier molecular flexibility index (Phi) is 3.33. The van der Waals surface area contributed by atoms with Crippen molar-refractivity contribution in [3.8, 4) is 0 Å². The van der Waals surface area contributed by atoms with Crippen LogP contribution >= 0.6 is 0 Å². The zero-order valence-corrected chi connectivity index (χ0v) is 11.5. The van der Waals surface area contributed by atoms with E-state index in [1.165, 1.54) is 16.7 Å². The van der Waals surface area contributed by atoms with Gasteiger partial charge in [-0.2, -0.15) is 0 Å². The Labute approximate surface area is 109 Å². The Bertz CT molecular complexity index is 460. The molecule has 18 heavy (non-hydrogen) atoms. The summed E-state index contributed by atoms with van der Waals surface area (Å²) in [5.74, 6) is 0. The second-order valence-electron chi connectivity index (χ2n) is 5.89. The fraction of sp³-hybridized carbons (Fsp3) is 0.533. The Morgan fingerprint density at radius 3 is 2.78 bits per heavy atom. The lowest BCUT2D eigenvalue weighted by Gasteiger charge is -2.22. The minimum absolute atomic E-state index is 0.0936. The Morgan fingerprint density at radius 1 is 1.39 bits per heavy atom. The highest BCUT2D eigenvalue weighted by atomic mass is 16.6. The van der Waals surface area contributed by atoms with Crippen molar-refractivity contribution in [2.24, 2.45) is 0 Å². The SMILES string of the molecule is Cc1cccc2c1[C@@H](NC(=O)OC(C)(C)C)CC2. The van der Waals surface area contributed by atoms with Crippen LogP contribution in [0.2, 0.25) is 0 Å². The first-order chi connectivity index (χ1) is 8.37. The van der Waals surface area contributed by atoms with E-state index in [4.69, 9.17) is 4.74 Å². The molecular weight excluding hydrogens is 226 g/mol. The summed E-state index contributed by atoms with van der Waals surface area (Å²) in [6.45, 7) is 7.72. The Morgan fingerprint density at radius 2 is 2.11 bits per heavy atom. The molecule has 3 heteroatoms. The van der Waals surface area contributed by atoms with Gasteiger partial charge in [-0.15, -0.1) is 0 Å². The van der Waals surface area contributed by atoms with Crippen LogP contribution in [0, 0.1) is 6.92 Å². The fourth-order valence-electron chi connectivity index (χ4n) is 2.50. The summed E-state index contributed by atoms with van der Waals surface area (Å²) in [4.78, 5) is 11.8. The van der Waals surface area contributed by atoms with Crippen LogP contribution in [-0.4, -0.2) is 11.7 Å². The lowest BCUT2D eigenvalue weighted by molar-refractivity contribution is 0.0503. The van der Waals surface area contributed by atoms with Gasteiger partial charge in [-0.25, -0.2) is 4.79 Å². The van der Waals surface area contributed by atoms with Crippen molar-refractivity contribution in [2.75, 3.05) is 0 Å². The molecule has 0 heterocycles. The first kappa shape index (κ1) is 12.9. The standard InChI is InChI=1S/C15H21NO2/c1-10-6-5-7-11-8-9-12(13(10)11)16-14(17)18-15(2,3)4/h5-7,12H,8-9H2,1-4H3,(H,16,17)/t12-/m0/s1. The number of alkyl carbamates (subject to hydrolysis) is 1. The minimum Gasteiger partial charge on any atom is -0.444 e. The van der Waals surface area contributed by atoms with E-state index in [1.54, 1.807) is 0 Å². The molecule has 0 bridgehead atoms. The van der Waals surface area contributed by atoms with Crippen LogP contribution in [0.1, 0.15) is 49.9 Å². The third-order valence-electron chi connectivity index (χ3n) is 3.16. The van der Waals surface area contributed by atoms with Gasteiger partial charge in [-0.1, -0.05) is 18.2 Å². The largest absolute Gasteiger partial charge is 0.444 e. The van der Waals surface area contributed by atoms with Crippen molar-refractivity contribution in [1.29, 1.82) is 0 Å². The highest BCUT2D eigenvalue weighted by Crippen LogP contribution is 2.33. The summed E-state index contributed by atoms with van der Waals surface area (Å²) >= 11 is 0. The molecule has 0 aromatic heterocycles. The average molecular weight is 247 g/mol. The molecule has 3 nitrogen and oxygen atoms in total. The molecule has 0 spiro atoms. The summed E-state index contributed by atoms with van der Waals surface area (Å²) in [5.41, 5.74) is 3.41. The lowest BCUT2D eigenvalue weighted by Crippen LogP contribution is -2.34. The first-order valence-electron chi connectivity index (χ1n) is 6.45. The minimum atomic E-state index is -0.447. The molecule has 1 aromatic rings. The van der Waals surface area contributed by atoms with Gasteiger partial charge < -0.3 is 10.1 Å². The summed E-state index contributed by atoms with van der Waals surface area (Å²) in [6.07, 6.45) is 1.65. The Balaban J connectivity index is 2.08. The highest BCUT2D eigenvalue weighted by molar-refractivity contribution is 5.69. The van der Waals surface area contributed by atoms with Crippen LogP contribution in [0.5, 0.6) is 0 Å². The number of fused-ring (bicyclic) bond motifs is 1. The summed E-state index contributed by atoms with van der Waals surface area (Å²) < 4.78 is 5.30. The second-order valence-corrected chi connectivity index (χ2v) is 5.89.